The molecule has 1 fully saturated rings. The highest BCUT2D eigenvalue weighted by atomic mass is 16.6. The van der Waals surface area contributed by atoms with Gasteiger partial charge in [-0.2, -0.15) is 5.26 Å². The molecule has 0 spiro atoms. The summed E-state index contributed by atoms with van der Waals surface area (Å²) in [5, 5.41) is 23.0. The largest absolute Gasteiger partial charge is 0.367 e. The van der Waals surface area contributed by atoms with Gasteiger partial charge in [0.15, 0.2) is 0 Å². The van der Waals surface area contributed by atoms with Crippen LogP contribution >= 0.6 is 0 Å². The standard InChI is InChI=1S/C14H18N4O2/c15-10-12-13(18(19)20)8-9-14(17-12)16-11-6-4-2-1-3-5-7-11/h8-9,11H,1-7H2,(H,16,17). The number of nitrogens with zero attached hydrogens (tertiary/aromatic N) is 3. The SMILES string of the molecule is N#Cc1nc(NC2CCCCCCC2)ccc1[N+](=O)[O-]. The first kappa shape index (κ1) is 14.3. The Morgan fingerprint density at radius 1 is 1.25 bits per heavy atom. The van der Waals surface area contributed by atoms with Gasteiger partial charge in [-0.05, 0) is 18.9 Å². The second-order valence-electron chi connectivity index (χ2n) is 5.12. The number of aromatic nitrogens is 1. The van der Waals surface area contributed by atoms with Crippen molar-refractivity contribution in [3.05, 3.63) is 27.9 Å². The van der Waals surface area contributed by atoms with Crippen molar-refractivity contribution in [3.63, 3.8) is 0 Å². The van der Waals surface area contributed by atoms with Crippen LogP contribution in [0.4, 0.5) is 11.5 Å². The third kappa shape index (κ3) is 3.67. The van der Waals surface area contributed by atoms with E-state index in [0.717, 1.165) is 12.8 Å². The third-order valence-electron chi connectivity index (χ3n) is 3.63. The average molecular weight is 274 g/mol. The van der Waals surface area contributed by atoms with E-state index in [2.05, 4.69) is 10.3 Å². The molecule has 2 rings (SSSR count). The molecule has 1 saturated carbocycles. The number of anilines is 1. The molecule has 6 heteroatoms. The van der Waals surface area contributed by atoms with Crippen molar-refractivity contribution in [2.24, 2.45) is 0 Å². The van der Waals surface area contributed by atoms with Gasteiger partial charge in [0, 0.05) is 12.1 Å². The first-order valence-corrected chi connectivity index (χ1v) is 7.03. The third-order valence-corrected chi connectivity index (χ3v) is 3.63. The van der Waals surface area contributed by atoms with Crippen LogP contribution in [0, 0.1) is 21.4 Å². The van der Waals surface area contributed by atoms with Crippen molar-refractivity contribution in [2.45, 2.75) is 51.0 Å². The Morgan fingerprint density at radius 2 is 1.90 bits per heavy atom. The number of nitro groups is 1. The normalized spacial score (nSPS) is 16.8. The molecule has 1 N–H and O–H groups in total. The molecule has 1 heterocycles. The number of pyridine rings is 1. The molecule has 1 aromatic heterocycles. The predicted octanol–water partition coefficient (Wildman–Crippen LogP) is 3.39. The summed E-state index contributed by atoms with van der Waals surface area (Å²) in [5.74, 6) is 0.553. The Kier molecular flexibility index (Phi) is 4.88. The Bertz CT molecular complexity index is 516. The minimum atomic E-state index is -0.578. The lowest BCUT2D eigenvalue weighted by Gasteiger charge is -2.21. The van der Waals surface area contributed by atoms with Crippen LogP contribution in [-0.2, 0) is 0 Å². The van der Waals surface area contributed by atoms with E-state index in [1.807, 2.05) is 0 Å². The second-order valence-corrected chi connectivity index (χ2v) is 5.12. The van der Waals surface area contributed by atoms with Crippen molar-refractivity contribution in [2.75, 3.05) is 5.32 Å². The Hall–Kier alpha value is -2.16. The first-order valence-electron chi connectivity index (χ1n) is 7.03. The van der Waals surface area contributed by atoms with Crippen molar-refractivity contribution in [1.29, 1.82) is 5.26 Å². The van der Waals surface area contributed by atoms with Gasteiger partial charge in [0.2, 0.25) is 5.69 Å². The molecule has 0 saturated heterocycles. The molecule has 0 atom stereocenters. The summed E-state index contributed by atoms with van der Waals surface area (Å²) >= 11 is 0. The zero-order valence-electron chi connectivity index (χ0n) is 11.3. The molecule has 0 bridgehead atoms. The van der Waals surface area contributed by atoms with Gasteiger partial charge in [-0.1, -0.05) is 32.1 Å². The van der Waals surface area contributed by atoms with E-state index >= 15 is 0 Å². The fourth-order valence-electron chi connectivity index (χ4n) is 2.57. The minimum Gasteiger partial charge on any atom is -0.367 e. The van der Waals surface area contributed by atoms with Crippen LogP contribution in [0.1, 0.15) is 50.6 Å². The molecule has 0 amide bonds. The maximum Gasteiger partial charge on any atom is 0.305 e. The van der Waals surface area contributed by atoms with Gasteiger partial charge in [-0.3, -0.25) is 10.1 Å². The summed E-state index contributed by atoms with van der Waals surface area (Å²) in [7, 11) is 0. The molecule has 0 unspecified atom stereocenters. The molecule has 1 aliphatic carbocycles. The summed E-state index contributed by atoms with van der Waals surface area (Å²) in [6.45, 7) is 0. The minimum absolute atomic E-state index is 0.133. The number of rotatable bonds is 3. The van der Waals surface area contributed by atoms with Crippen LogP contribution in [0.25, 0.3) is 0 Å². The van der Waals surface area contributed by atoms with Gasteiger partial charge in [-0.25, -0.2) is 4.98 Å². The van der Waals surface area contributed by atoms with Crippen molar-refractivity contribution >= 4 is 11.5 Å². The second kappa shape index (κ2) is 6.85. The van der Waals surface area contributed by atoms with Gasteiger partial charge in [0.25, 0.3) is 0 Å². The van der Waals surface area contributed by atoms with Crippen LogP contribution in [0.5, 0.6) is 0 Å². The van der Waals surface area contributed by atoms with Crippen LogP contribution < -0.4 is 5.32 Å². The van der Waals surface area contributed by atoms with Crippen LogP contribution in [0.3, 0.4) is 0 Å². The predicted molar refractivity (Wildman–Crippen MR) is 75.3 cm³/mol. The van der Waals surface area contributed by atoms with E-state index in [-0.39, 0.29) is 11.4 Å². The average Bonchev–Trinajstić information content (AvgIpc) is 2.41. The van der Waals surface area contributed by atoms with E-state index in [1.54, 1.807) is 12.1 Å². The van der Waals surface area contributed by atoms with Crippen LogP contribution in [0.15, 0.2) is 12.1 Å². The summed E-state index contributed by atoms with van der Waals surface area (Å²) < 4.78 is 0. The molecule has 0 radical (unpaired) electrons. The lowest BCUT2D eigenvalue weighted by Crippen LogP contribution is -2.21. The highest BCUT2D eigenvalue weighted by Gasteiger charge is 2.17. The Balaban J connectivity index is 2.09. The lowest BCUT2D eigenvalue weighted by atomic mass is 9.97. The Labute approximate surface area is 118 Å². The first-order chi connectivity index (χ1) is 9.70. The number of nitriles is 1. The van der Waals surface area contributed by atoms with E-state index in [9.17, 15) is 10.1 Å². The zero-order valence-corrected chi connectivity index (χ0v) is 11.3. The van der Waals surface area contributed by atoms with Crippen molar-refractivity contribution in [3.8, 4) is 6.07 Å². The fraction of sp³-hybridized carbons (Fsp3) is 0.571. The fourth-order valence-corrected chi connectivity index (χ4v) is 2.57. The molecular weight excluding hydrogens is 256 g/mol. The van der Waals surface area contributed by atoms with Gasteiger partial charge >= 0.3 is 5.69 Å². The topological polar surface area (TPSA) is 91.8 Å². The monoisotopic (exact) mass is 274 g/mol. The number of hydrogen-bond acceptors (Lipinski definition) is 5. The van der Waals surface area contributed by atoms with E-state index < -0.39 is 4.92 Å². The lowest BCUT2D eigenvalue weighted by molar-refractivity contribution is -0.385. The van der Waals surface area contributed by atoms with E-state index in [1.165, 1.54) is 38.2 Å². The van der Waals surface area contributed by atoms with Crippen molar-refractivity contribution < 1.29 is 4.92 Å². The maximum absolute atomic E-state index is 10.8. The van der Waals surface area contributed by atoms with Gasteiger partial charge < -0.3 is 5.32 Å². The van der Waals surface area contributed by atoms with E-state index in [0.29, 0.717) is 11.9 Å². The maximum atomic E-state index is 10.8. The zero-order chi connectivity index (χ0) is 14.4. The van der Waals surface area contributed by atoms with Gasteiger partial charge in [0.1, 0.15) is 11.9 Å². The molecule has 0 aliphatic heterocycles. The highest BCUT2D eigenvalue weighted by molar-refractivity contribution is 5.50. The molecule has 0 aromatic carbocycles. The molecule has 1 aliphatic rings. The summed E-state index contributed by atoms with van der Waals surface area (Å²) in [6, 6.07) is 5.05. The summed E-state index contributed by atoms with van der Waals surface area (Å²) in [5.41, 5.74) is -0.374. The molecule has 6 nitrogen and oxygen atoms in total. The molecule has 1 aromatic rings. The highest BCUT2D eigenvalue weighted by Crippen LogP contribution is 2.22. The molecular formula is C14H18N4O2. The smallest absolute Gasteiger partial charge is 0.305 e. The van der Waals surface area contributed by atoms with E-state index in [4.69, 9.17) is 5.26 Å². The number of nitrogens with one attached hydrogen (secondary N) is 1. The molecule has 106 valence electrons. The Morgan fingerprint density at radius 3 is 2.50 bits per heavy atom. The number of hydrogen-bond donors (Lipinski definition) is 1. The van der Waals surface area contributed by atoms with Gasteiger partial charge in [-0.15, -0.1) is 0 Å². The van der Waals surface area contributed by atoms with Crippen molar-refractivity contribution in [1.82, 2.24) is 4.98 Å². The summed E-state index contributed by atoms with van der Waals surface area (Å²) in [6.07, 6.45) is 8.37. The quantitative estimate of drug-likeness (QED) is 0.673. The summed E-state index contributed by atoms with van der Waals surface area (Å²) in [4.78, 5) is 14.2. The molecule has 20 heavy (non-hydrogen) atoms. The van der Waals surface area contributed by atoms with Gasteiger partial charge in [0.05, 0.1) is 4.92 Å². The van der Waals surface area contributed by atoms with Crippen LogP contribution in [-0.4, -0.2) is 15.9 Å². The van der Waals surface area contributed by atoms with Crippen LogP contribution in [0.2, 0.25) is 0 Å².